The van der Waals surface area contributed by atoms with Gasteiger partial charge in [-0.2, -0.15) is 0 Å². The summed E-state index contributed by atoms with van der Waals surface area (Å²) in [6, 6.07) is 8.31. The van der Waals surface area contributed by atoms with E-state index >= 15 is 0 Å². The molecule has 1 aromatic rings. The Kier molecular flexibility index (Phi) is 5.00. The van der Waals surface area contributed by atoms with Crippen molar-refractivity contribution in [3.05, 3.63) is 29.8 Å². The molecule has 2 aliphatic heterocycles. The molecule has 2 saturated heterocycles. The molecule has 1 aliphatic carbocycles. The molecule has 26 heavy (non-hydrogen) atoms. The van der Waals surface area contributed by atoms with Gasteiger partial charge in [0.25, 0.3) is 0 Å². The Bertz CT molecular complexity index is 650. The lowest BCUT2D eigenvalue weighted by molar-refractivity contribution is -0.124. The van der Waals surface area contributed by atoms with Crippen molar-refractivity contribution in [3.8, 4) is 0 Å². The number of likely N-dealkylation sites (tertiary alicyclic amines) is 1. The molecule has 0 spiro atoms. The number of hydrogen-bond acceptors (Lipinski definition) is 3. The number of carbonyl (C=O) groups is 2. The van der Waals surface area contributed by atoms with Gasteiger partial charge < -0.3 is 20.4 Å². The van der Waals surface area contributed by atoms with Gasteiger partial charge in [-0.25, -0.2) is 4.79 Å². The van der Waals surface area contributed by atoms with Gasteiger partial charge in [-0.15, -0.1) is 0 Å². The molecule has 1 unspecified atom stereocenters. The van der Waals surface area contributed by atoms with Crippen LogP contribution in [0.1, 0.15) is 44.1 Å². The van der Waals surface area contributed by atoms with Crippen LogP contribution < -0.4 is 15.5 Å². The molecule has 140 valence electrons. The van der Waals surface area contributed by atoms with E-state index in [-0.39, 0.29) is 18.0 Å². The highest BCUT2D eigenvalue weighted by atomic mass is 16.2. The highest BCUT2D eigenvalue weighted by molar-refractivity contribution is 5.88. The molecule has 0 aromatic heterocycles. The Morgan fingerprint density at radius 3 is 2.38 bits per heavy atom. The van der Waals surface area contributed by atoms with Gasteiger partial charge >= 0.3 is 6.03 Å². The van der Waals surface area contributed by atoms with Crippen molar-refractivity contribution in [2.75, 3.05) is 24.5 Å². The Labute approximate surface area is 154 Å². The van der Waals surface area contributed by atoms with Crippen LogP contribution in [0.4, 0.5) is 10.5 Å². The fraction of sp³-hybridized carbons (Fsp3) is 0.600. The molecule has 1 atom stereocenters. The number of carbonyl (C=O) groups excluding carboxylic acids is 2. The monoisotopic (exact) mass is 356 g/mol. The second-order valence-electron chi connectivity index (χ2n) is 7.65. The topological polar surface area (TPSA) is 64.7 Å². The summed E-state index contributed by atoms with van der Waals surface area (Å²) in [5.74, 6) is 0.00937. The van der Waals surface area contributed by atoms with Crippen LogP contribution in [0.25, 0.3) is 0 Å². The molecule has 0 radical (unpaired) electrons. The third-order valence-corrected chi connectivity index (χ3v) is 5.59. The van der Waals surface area contributed by atoms with Crippen LogP contribution in [-0.2, 0) is 11.3 Å². The lowest BCUT2D eigenvalue weighted by Crippen LogP contribution is -2.49. The van der Waals surface area contributed by atoms with E-state index in [0.717, 1.165) is 44.3 Å². The lowest BCUT2D eigenvalue weighted by atomic mass is 10.2. The van der Waals surface area contributed by atoms with Gasteiger partial charge in [0.1, 0.15) is 6.04 Å². The van der Waals surface area contributed by atoms with Gasteiger partial charge in [0.05, 0.1) is 0 Å². The van der Waals surface area contributed by atoms with Crippen molar-refractivity contribution in [2.24, 2.45) is 0 Å². The Balaban J connectivity index is 1.29. The van der Waals surface area contributed by atoms with E-state index in [9.17, 15) is 9.59 Å². The summed E-state index contributed by atoms with van der Waals surface area (Å²) >= 11 is 0. The summed E-state index contributed by atoms with van der Waals surface area (Å²) in [7, 11) is 0. The first kappa shape index (κ1) is 17.2. The number of hydrogen-bond donors (Lipinski definition) is 2. The van der Waals surface area contributed by atoms with Crippen LogP contribution in [0, 0.1) is 0 Å². The quantitative estimate of drug-likeness (QED) is 0.850. The smallest absolute Gasteiger partial charge is 0.318 e. The summed E-state index contributed by atoms with van der Waals surface area (Å²) in [4.78, 5) is 28.9. The second kappa shape index (κ2) is 7.56. The third kappa shape index (κ3) is 3.94. The van der Waals surface area contributed by atoms with Crippen molar-refractivity contribution in [2.45, 2.75) is 57.2 Å². The summed E-state index contributed by atoms with van der Waals surface area (Å²) in [5, 5.41) is 6.00. The fourth-order valence-electron chi connectivity index (χ4n) is 3.89. The van der Waals surface area contributed by atoms with Gasteiger partial charge in [0, 0.05) is 37.9 Å². The van der Waals surface area contributed by atoms with Gasteiger partial charge in [0.2, 0.25) is 5.91 Å². The van der Waals surface area contributed by atoms with Crippen LogP contribution in [-0.4, -0.2) is 48.6 Å². The standard InChI is InChI=1S/C20H28N4O2/c25-19(22-16-7-8-16)18-4-3-13-24(18)20(26)21-14-15-5-9-17(10-6-15)23-11-1-2-12-23/h5-6,9-10,16,18H,1-4,7-8,11-14H2,(H,21,26)(H,22,25). The Morgan fingerprint density at radius 1 is 0.962 bits per heavy atom. The van der Waals surface area contributed by atoms with Crippen molar-refractivity contribution in [1.29, 1.82) is 0 Å². The highest BCUT2D eigenvalue weighted by Gasteiger charge is 2.36. The number of nitrogens with zero attached hydrogens (tertiary/aromatic N) is 2. The average Bonchev–Trinajstić information content (AvgIpc) is 3.15. The van der Waals surface area contributed by atoms with Gasteiger partial charge in [-0.3, -0.25) is 4.79 Å². The average molecular weight is 356 g/mol. The maximum absolute atomic E-state index is 12.5. The molecule has 4 rings (SSSR count). The first-order chi connectivity index (χ1) is 12.7. The molecule has 3 aliphatic rings. The molecule has 6 heteroatoms. The molecule has 3 fully saturated rings. The summed E-state index contributed by atoms with van der Waals surface area (Å²) in [6.07, 6.45) is 6.32. The van der Waals surface area contributed by atoms with Crippen molar-refractivity contribution >= 4 is 17.6 Å². The SMILES string of the molecule is O=C(NC1CC1)C1CCCN1C(=O)NCc1ccc(N2CCCC2)cc1. The molecule has 1 saturated carbocycles. The second-order valence-corrected chi connectivity index (χ2v) is 7.65. The van der Waals surface area contributed by atoms with Gasteiger partial charge in [-0.1, -0.05) is 12.1 Å². The minimum absolute atomic E-state index is 0.00937. The lowest BCUT2D eigenvalue weighted by Gasteiger charge is -2.24. The van der Waals surface area contributed by atoms with E-state index in [4.69, 9.17) is 0 Å². The van der Waals surface area contributed by atoms with Crippen LogP contribution in [0.3, 0.4) is 0 Å². The first-order valence-electron chi connectivity index (χ1n) is 9.89. The number of nitrogens with one attached hydrogen (secondary N) is 2. The minimum atomic E-state index is -0.312. The molecule has 1 aromatic carbocycles. The van der Waals surface area contributed by atoms with Gasteiger partial charge in [0.15, 0.2) is 0 Å². The fourth-order valence-corrected chi connectivity index (χ4v) is 3.89. The van der Waals surface area contributed by atoms with Crippen molar-refractivity contribution < 1.29 is 9.59 Å². The van der Waals surface area contributed by atoms with Crippen LogP contribution >= 0.6 is 0 Å². The predicted molar refractivity (Wildman–Crippen MR) is 101 cm³/mol. The number of anilines is 1. The van der Waals surface area contributed by atoms with Crippen LogP contribution in [0.2, 0.25) is 0 Å². The zero-order valence-electron chi connectivity index (χ0n) is 15.2. The predicted octanol–water partition coefficient (Wildman–Crippen LogP) is 2.24. The molecule has 2 N–H and O–H groups in total. The van der Waals surface area contributed by atoms with E-state index in [1.54, 1.807) is 4.90 Å². The maximum Gasteiger partial charge on any atom is 0.318 e. The zero-order chi connectivity index (χ0) is 17.9. The van der Waals surface area contributed by atoms with Crippen molar-refractivity contribution in [1.82, 2.24) is 15.5 Å². The largest absolute Gasteiger partial charge is 0.372 e. The highest BCUT2D eigenvalue weighted by Crippen LogP contribution is 2.23. The third-order valence-electron chi connectivity index (χ3n) is 5.59. The van der Waals surface area contributed by atoms with E-state index < -0.39 is 0 Å². The number of urea groups is 1. The molecule has 6 nitrogen and oxygen atoms in total. The molecular weight excluding hydrogens is 328 g/mol. The number of amides is 3. The molecule has 0 bridgehead atoms. The summed E-state index contributed by atoms with van der Waals surface area (Å²) in [6.45, 7) is 3.42. The summed E-state index contributed by atoms with van der Waals surface area (Å²) < 4.78 is 0. The van der Waals surface area contributed by atoms with Crippen molar-refractivity contribution in [3.63, 3.8) is 0 Å². The first-order valence-corrected chi connectivity index (χ1v) is 9.89. The molecular formula is C20H28N4O2. The van der Waals surface area contributed by atoms with E-state index in [1.165, 1.54) is 18.5 Å². The molecule has 2 heterocycles. The zero-order valence-corrected chi connectivity index (χ0v) is 15.2. The summed E-state index contributed by atoms with van der Waals surface area (Å²) in [5.41, 5.74) is 2.34. The van der Waals surface area contributed by atoms with E-state index in [0.29, 0.717) is 19.1 Å². The number of benzene rings is 1. The molecule has 3 amide bonds. The Hall–Kier alpha value is -2.24. The van der Waals surface area contributed by atoms with E-state index in [1.807, 2.05) is 0 Å². The normalized spacial score (nSPS) is 22.5. The van der Waals surface area contributed by atoms with Crippen LogP contribution in [0.15, 0.2) is 24.3 Å². The van der Waals surface area contributed by atoms with Gasteiger partial charge in [-0.05, 0) is 56.2 Å². The van der Waals surface area contributed by atoms with Crippen LogP contribution in [0.5, 0.6) is 0 Å². The number of rotatable bonds is 5. The van der Waals surface area contributed by atoms with E-state index in [2.05, 4.69) is 39.8 Å². The maximum atomic E-state index is 12.5. The minimum Gasteiger partial charge on any atom is -0.372 e. The Morgan fingerprint density at radius 2 is 1.69 bits per heavy atom.